The van der Waals surface area contributed by atoms with Crippen molar-refractivity contribution in [3.63, 3.8) is 0 Å². The van der Waals surface area contributed by atoms with Crippen molar-refractivity contribution in [2.75, 3.05) is 43.6 Å². The van der Waals surface area contributed by atoms with Gasteiger partial charge in [0.1, 0.15) is 4.90 Å². The fourth-order valence-corrected chi connectivity index (χ4v) is 5.86. The zero-order chi connectivity index (χ0) is 27.3. The SMILES string of the molecule is COc1cc(/C=C/C(=O)OCC(=O)N(C)c2ccccc2)cc(S(=O)(=O)N2CCc3ccccc32)c1OC. The highest BCUT2D eigenvalue weighted by molar-refractivity contribution is 7.93. The van der Waals surface area contributed by atoms with Crippen LogP contribution in [0.2, 0.25) is 0 Å². The zero-order valence-corrected chi connectivity index (χ0v) is 22.1. The predicted octanol–water partition coefficient (Wildman–Crippen LogP) is 3.67. The standard InChI is InChI=1S/C28H28N2O7S/c1-29(22-10-5-4-6-11-22)26(31)19-37-27(32)14-13-20-17-24(35-2)28(36-3)25(18-20)38(33,34)30-16-15-21-9-7-8-12-23(21)30/h4-14,17-18H,15-16,19H2,1-3H3/b14-13+. The number of hydrogen-bond acceptors (Lipinski definition) is 7. The van der Waals surface area contributed by atoms with Crippen molar-refractivity contribution in [2.45, 2.75) is 11.3 Å². The maximum atomic E-state index is 13.7. The molecule has 0 spiro atoms. The summed E-state index contributed by atoms with van der Waals surface area (Å²) in [6.45, 7) is -0.153. The number of carbonyl (C=O) groups excluding carboxylic acids is 2. The van der Waals surface area contributed by atoms with E-state index in [0.717, 1.165) is 11.6 Å². The Morgan fingerprint density at radius 1 is 1.00 bits per heavy atom. The van der Waals surface area contributed by atoms with E-state index in [1.165, 1.54) is 35.6 Å². The molecule has 0 N–H and O–H groups in total. The zero-order valence-electron chi connectivity index (χ0n) is 21.3. The van der Waals surface area contributed by atoms with Crippen LogP contribution in [-0.2, 0) is 30.8 Å². The Morgan fingerprint density at radius 3 is 2.42 bits per heavy atom. The molecule has 1 aliphatic rings. The first-order valence-corrected chi connectivity index (χ1v) is 13.2. The van der Waals surface area contributed by atoms with Crippen LogP contribution in [-0.4, -0.2) is 54.7 Å². The highest BCUT2D eigenvalue weighted by atomic mass is 32.2. The predicted molar refractivity (Wildman–Crippen MR) is 144 cm³/mol. The summed E-state index contributed by atoms with van der Waals surface area (Å²) in [6, 6.07) is 19.3. The van der Waals surface area contributed by atoms with Crippen LogP contribution >= 0.6 is 0 Å². The van der Waals surface area contributed by atoms with Gasteiger partial charge in [-0.1, -0.05) is 36.4 Å². The number of nitrogens with zero attached hydrogens (tertiary/aromatic N) is 2. The van der Waals surface area contributed by atoms with Crippen molar-refractivity contribution in [3.8, 4) is 11.5 Å². The first-order chi connectivity index (χ1) is 18.3. The third kappa shape index (κ3) is 5.50. The minimum atomic E-state index is -4.02. The smallest absolute Gasteiger partial charge is 0.331 e. The number of esters is 1. The Labute approximate surface area is 221 Å². The molecule has 0 atom stereocenters. The molecule has 9 nitrogen and oxygen atoms in total. The number of rotatable bonds is 9. The summed E-state index contributed by atoms with van der Waals surface area (Å²) < 4.78 is 44.7. The number of sulfonamides is 1. The van der Waals surface area contributed by atoms with Gasteiger partial charge in [0.2, 0.25) is 0 Å². The average molecular weight is 537 g/mol. The van der Waals surface area contributed by atoms with E-state index in [1.807, 2.05) is 18.2 Å². The van der Waals surface area contributed by atoms with Gasteiger partial charge in [-0.15, -0.1) is 0 Å². The number of benzene rings is 3. The van der Waals surface area contributed by atoms with Crippen LogP contribution in [0, 0.1) is 0 Å². The van der Waals surface area contributed by atoms with Crippen molar-refractivity contribution < 1.29 is 32.2 Å². The second kappa shape index (κ2) is 11.4. The van der Waals surface area contributed by atoms with Gasteiger partial charge in [-0.25, -0.2) is 13.2 Å². The number of fused-ring (bicyclic) bond motifs is 1. The molecule has 0 unspecified atom stereocenters. The average Bonchev–Trinajstić information content (AvgIpc) is 3.39. The minimum absolute atomic E-state index is 0.0613. The van der Waals surface area contributed by atoms with E-state index in [2.05, 4.69) is 0 Å². The van der Waals surface area contributed by atoms with E-state index in [9.17, 15) is 18.0 Å². The lowest BCUT2D eigenvalue weighted by atomic mass is 10.2. The van der Waals surface area contributed by atoms with Crippen LogP contribution in [0.5, 0.6) is 11.5 Å². The van der Waals surface area contributed by atoms with Gasteiger partial charge < -0.3 is 19.1 Å². The van der Waals surface area contributed by atoms with Gasteiger partial charge in [0.25, 0.3) is 15.9 Å². The summed E-state index contributed by atoms with van der Waals surface area (Å²) in [7, 11) is 0.336. The Balaban J connectivity index is 1.54. The summed E-state index contributed by atoms with van der Waals surface area (Å²) in [5.41, 5.74) is 2.60. The van der Waals surface area contributed by atoms with Crippen LogP contribution in [0.1, 0.15) is 11.1 Å². The number of methoxy groups -OCH3 is 2. The van der Waals surface area contributed by atoms with Gasteiger partial charge in [0.15, 0.2) is 18.1 Å². The lowest BCUT2D eigenvalue weighted by Gasteiger charge is -2.22. The summed E-state index contributed by atoms with van der Waals surface area (Å²) in [5, 5.41) is 0. The molecule has 1 aliphatic heterocycles. The van der Waals surface area contributed by atoms with Gasteiger partial charge in [0.05, 0.1) is 19.9 Å². The molecule has 0 saturated heterocycles. The molecule has 1 amide bonds. The molecular weight excluding hydrogens is 508 g/mol. The Hall–Kier alpha value is -4.31. The number of hydrogen-bond donors (Lipinski definition) is 0. The van der Waals surface area contributed by atoms with E-state index in [1.54, 1.807) is 49.5 Å². The minimum Gasteiger partial charge on any atom is -0.493 e. The molecule has 0 saturated carbocycles. The van der Waals surface area contributed by atoms with Crippen molar-refractivity contribution in [2.24, 2.45) is 0 Å². The van der Waals surface area contributed by atoms with Crippen molar-refractivity contribution in [1.82, 2.24) is 0 Å². The normalized spacial score (nSPS) is 12.8. The van der Waals surface area contributed by atoms with Crippen LogP contribution in [0.4, 0.5) is 11.4 Å². The van der Waals surface area contributed by atoms with Crippen molar-refractivity contribution in [1.29, 1.82) is 0 Å². The van der Waals surface area contributed by atoms with Gasteiger partial charge in [-0.05, 0) is 54.0 Å². The first kappa shape index (κ1) is 26.7. The molecule has 0 aliphatic carbocycles. The Kier molecular flexibility index (Phi) is 8.02. The fraction of sp³-hybridized carbons (Fsp3) is 0.214. The summed E-state index contributed by atoms with van der Waals surface area (Å²) >= 11 is 0. The van der Waals surface area contributed by atoms with E-state index in [-0.39, 0.29) is 16.4 Å². The summed E-state index contributed by atoms with van der Waals surface area (Å²) in [5.74, 6) is -0.907. The molecule has 10 heteroatoms. The fourth-order valence-electron chi connectivity index (χ4n) is 4.15. The van der Waals surface area contributed by atoms with Gasteiger partial charge >= 0.3 is 5.97 Å². The second-order valence-corrected chi connectivity index (χ2v) is 10.3. The lowest BCUT2D eigenvalue weighted by Crippen LogP contribution is -2.30. The van der Waals surface area contributed by atoms with Crippen molar-refractivity contribution in [3.05, 3.63) is 83.9 Å². The van der Waals surface area contributed by atoms with Crippen LogP contribution in [0.25, 0.3) is 6.08 Å². The molecular formula is C28H28N2O7S. The van der Waals surface area contributed by atoms with Crippen molar-refractivity contribution >= 4 is 39.4 Å². The number of para-hydroxylation sites is 2. The highest BCUT2D eigenvalue weighted by Gasteiger charge is 2.34. The quantitative estimate of drug-likeness (QED) is 0.304. The molecule has 38 heavy (non-hydrogen) atoms. The highest BCUT2D eigenvalue weighted by Crippen LogP contribution is 2.40. The van der Waals surface area contributed by atoms with Crippen LogP contribution in [0.15, 0.2) is 77.7 Å². The Bertz CT molecular complexity index is 1470. The third-order valence-corrected chi connectivity index (χ3v) is 7.97. The second-order valence-electron chi connectivity index (χ2n) is 8.44. The number of likely N-dealkylation sites (N-methyl/N-ethyl adjacent to an activating group) is 1. The number of ether oxygens (including phenoxy) is 3. The third-order valence-electron chi connectivity index (χ3n) is 6.15. The maximum Gasteiger partial charge on any atom is 0.331 e. The summed E-state index contributed by atoms with van der Waals surface area (Å²) in [4.78, 5) is 26.0. The van der Waals surface area contributed by atoms with Gasteiger partial charge in [0, 0.05) is 25.4 Å². The van der Waals surface area contributed by atoms with E-state index in [4.69, 9.17) is 14.2 Å². The topological polar surface area (TPSA) is 102 Å². The van der Waals surface area contributed by atoms with Gasteiger partial charge in [-0.3, -0.25) is 9.10 Å². The first-order valence-electron chi connectivity index (χ1n) is 11.8. The van der Waals surface area contributed by atoms with Crippen LogP contribution in [0.3, 0.4) is 0 Å². The summed E-state index contributed by atoms with van der Waals surface area (Å²) in [6.07, 6.45) is 3.11. The van der Waals surface area contributed by atoms with E-state index >= 15 is 0 Å². The maximum absolute atomic E-state index is 13.7. The number of amides is 1. The molecule has 0 bridgehead atoms. The molecule has 0 radical (unpaired) electrons. The number of anilines is 2. The lowest BCUT2D eigenvalue weighted by molar-refractivity contribution is -0.142. The van der Waals surface area contributed by atoms with Gasteiger partial charge in [-0.2, -0.15) is 0 Å². The van der Waals surface area contributed by atoms with E-state index in [0.29, 0.717) is 29.9 Å². The molecule has 1 heterocycles. The molecule has 0 aromatic heterocycles. The van der Waals surface area contributed by atoms with E-state index < -0.39 is 28.5 Å². The molecule has 4 rings (SSSR count). The number of carbonyl (C=O) groups is 2. The molecule has 0 fully saturated rings. The molecule has 3 aromatic carbocycles. The largest absolute Gasteiger partial charge is 0.493 e. The molecule has 3 aromatic rings. The Morgan fingerprint density at radius 2 is 1.71 bits per heavy atom. The monoisotopic (exact) mass is 536 g/mol. The van der Waals surface area contributed by atoms with Crippen LogP contribution < -0.4 is 18.7 Å². The molecule has 198 valence electrons.